The summed E-state index contributed by atoms with van der Waals surface area (Å²) in [5.74, 6) is 0.515. The van der Waals surface area contributed by atoms with Crippen molar-refractivity contribution in [2.75, 3.05) is 0 Å². The molecule has 2 aromatic carbocycles. The van der Waals surface area contributed by atoms with Crippen LogP contribution in [0.15, 0.2) is 68.9 Å². The van der Waals surface area contributed by atoms with Crippen LogP contribution in [0.5, 0.6) is 0 Å². The summed E-state index contributed by atoms with van der Waals surface area (Å²) in [4.78, 5) is 20.2. The summed E-state index contributed by atoms with van der Waals surface area (Å²) in [5.41, 5.74) is 0.894. The topological polar surface area (TPSA) is 45.8 Å². The van der Waals surface area contributed by atoms with Crippen LogP contribution in [-0.4, -0.2) is 22.0 Å². The zero-order valence-corrected chi connectivity index (χ0v) is 20.5. The maximum Gasteiger partial charge on any atom is 0.267 e. The number of hydrogen-bond donors (Lipinski definition) is 0. The van der Waals surface area contributed by atoms with Gasteiger partial charge >= 0.3 is 0 Å². The number of furan rings is 1. The smallest absolute Gasteiger partial charge is 0.267 e. The number of aliphatic imine (C=N–C) groups is 1. The van der Waals surface area contributed by atoms with E-state index in [0.29, 0.717) is 37.2 Å². The lowest BCUT2D eigenvalue weighted by Crippen LogP contribution is -2.40. The predicted molar refractivity (Wildman–Crippen MR) is 137 cm³/mol. The molecule has 2 fully saturated rings. The molecule has 1 amide bonds. The van der Waals surface area contributed by atoms with Gasteiger partial charge in [-0.05, 0) is 61.0 Å². The summed E-state index contributed by atoms with van der Waals surface area (Å²) >= 11 is 13.7. The number of halogens is 3. The molecule has 34 heavy (non-hydrogen) atoms. The molecule has 0 bridgehead atoms. The summed E-state index contributed by atoms with van der Waals surface area (Å²) in [6.07, 6.45) is 6.81. The molecule has 2 heterocycles. The molecule has 8 heteroatoms. The predicted octanol–water partition coefficient (Wildman–Crippen LogP) is 8.33. The third-order valence-electron chi connectivity index (χ3n) is 5.96. The van der Waals surface area contributed by atoms with Crippen LogP contribution in [0.4, 0.5) is 10.1 Å². The minimum atomic E-state index is -0.418. The number of amidine groups is 1. The molecule has 174 valence electrons. The molecule has 5 rings (SSSR count). The van der Waals surface area contributed by atoms with Gasteiger partial charge in [0.05, 0.1) is 15.0 Å². The largest absolute Gasteiger partial charge is 0.457 e. The van der Waals surface area contributed by atoms with Crippen molar-refractivity contribution in [3.05, 3.63) is 81.1 Å². The van der Waals surface area contributed by atoms with E-state index >= 15 is 0 Å². The minimum absolute atomic E-state index is 0.0580. The van der Waals surface area contributed by atoms with Gasteiger partial charge in [0, 0.05) is 17.7 Å². The van der Waals surface area contributed by atoms with E-state index < -0.39 is 5.82 Å². The minimum Gasteiger partial charge on any atom is -0.457 e. The van der Waals surface area contributed by atoms with Crippen molar-refractivity contribution < 1.29 is 13.6 Å². The lowest BCUT2D eigenvalue weighted by Gasteiger charge is -2.30. The van der Waals surface area contributed by atoms with Gasteiger partial charge in [-0.25, -0.2) is 9.38 Å². The summed E-state index contributed by atoms with van der Waals surface area (Å²) in [6, 6.07) is 15.3. The van der Waals surface area contributed by atoms with Gasteiger partial charge in [0.25, 0.3) is 5.91 Å². The van der Waals surface area contributed by atoms with Crippen molar-refractivity contribution in [3.63, 3.8) is 0 Å². The van der Waals surface area contributed by atoms with Gasteiger partial charge in [-0.1, -0.05) is 60.7 Å². The summed E-state index contributed by atoms with van der Waals surface area (Å²) in [7, 11) is 0. The average Bonchev–Trinajstić information content (AvgIpc) is 3.42. The van der Waals surface area contributed by atoms with Crippen molar-refractivity contribution in [3.8, 4) is 11.3 Å². The Morgan fingerprint density at radius 1 is 1.03 bits per heavy atom. The Balaban J connectivity index is 1.49. The molecule has 0 N–H and O–H groups in total. The number of carbonyl (C=O) groups is 1. The van der Waals surface area contributed by atoms with Gasteiger partial charge in [-0.2, -0.15) is 0 Å². The van der Waals surface area contributed by atoms with E-state index in [-0.39, 0.29) is 17.6 Å². The second-order valence-corrected chi connectivity index (χ2v) is 10.0. The number of carbonyl (C=O) groups excluding carboxylic acids is 1. The monoisotopic (exact) mass is 514 g/mol. The Labute approximate surface area is 211 Å². The highest BCUT2D eigenvalue weighted by Crippen LogP contribution is 2.40. The fourth-order valence-electron chi connectivity index (χ4n) is 4.27. The number of para-hydroxylation sites is 1. The number of benzene rings is 2. The molecule has 0 atom stereocenters. The van der Waals surface area contributed by atoms with Gasteiger partial charge in [0.2, 0.25) is 0 Å². The first kappa shape index (κ1) is 23.2. The Hall–Kier alpha value is -2.54. The van der Waals surface area contributed by atoms with E-state index in [2.05, 4.69) is 4.99 Å². The Morgan fingerprint density at radius 2 is 1.82 bits per heavy atom. The molecular formula is C26H21Cl2FN2O2S. The van der Waals surface area contributed by atoms with Gasteiger partial charge < -0.3 is 4.42 Å². The summed E-state index contributed by atoms with van der Waals surface area (Å²) < 4.78 is 20.3. The van der Waals surface area contributed by atoms with Crippen LogP contribution in [0.3, 0.4) is 0 Å². The maximum atomic E-state index is 14.3. The first-order chi connectivity index (χ1) is 16.5. The molecule has 1 aliphatic carbocycles. The van der Waals surface area contributed by atoms with E-state index in [1.165, 1.54) is 17.8 Å². The molecule has 0 unspecified atom stereocenters. The van der Waals surface area contributed by atoms with Crippen LogP contribution in [-0.2, 0) is 4.79 Å². The maximum absolute atomic E-state index is 14.3. The SMILES string of the molecule is O=C1/C(=C/c2ccc(-c3cccc(Cl)c3Cl)o2)SC(=Nc2ccccc2F)N1C1CCCCC1. The van der Waals surface area contributed by atoms with Crippen molar-refractivity contribution in [2.24, 2.45) is 4.99 Å². The number of hydrogen-bond acceptors (Lipinski definition) is 4. The van der Waals surface area contributed by atoms with Crippen LogP contribution in [0.2, 0.25) is 10.0 Å². The highest BCUT2D eigenvalue weighted by molar-refractivity contribution is 8.18. The van der Waals surface area contributed by atoms with Crippen LogP contribution in [0.25, 0.3) is 17.4 Å². The third kappa shape index (κ3) is 4.67. The molecule has 1 saturated carbocycles. The first-order valence-corrected chi connectivity index (χ1v) is 12.7. The molecule has 2 aliphatic rings. The summed E-state index contributed by atoms with van der Waals surface area (Å²) in [6.45, 7) is 0. The lowest BCUT2D eigenvalue weighted by molar-refractivity contribution is -0.124. The number of thioether (sulfide) groups is 1. The van der Waals surface area contributed by atoms with E-state index in [1.54, 1.807) is 53.4 Å². The van der Waals surface area contributed by atoms with Crippen molar-refractivity contribution >= 4 is 57.8 Å². The fraction of sp³-hybridized carbons (Fsp3) is 0.231. The molecular weight excluding hydrogens is 494 g/mol. The Kier molecular flexibility index (Phi) is 6.82. The van der Waals surface area contributed by atoms with Gasteiger partial charge in [-0.15, -0.1) is 0 Å². The van der Waals surface area contributed by atoms with E-state index in [4.69, 9.17) is 27.6 Å². The lowest BCUT2D eigenvalue weighted by atomic mass is 9.94. The first-order valence-electron chi connectivity index (χ1n) is 11.1. The molecule has 3 aromatic rings. The van der Waals surface area contributed by atoms with Crippen molar-refractivity contribution in [1.29, 1.82) is 0 Å². The van der Waals surface area contributed by atoms with Crippen LogP contribution in [0.1, 0.15) is 37.9 Å². The molecule has 1 aromatic heterocycles. The van der Waals surface area contributed by atoms with E-state index in [1.807, 2.05) is 6.07 Å². The Morgan fingerprint density at radius 3 is 2.62 bits per heavy atom. The number of nitrogens with zero attached hydrogens (tertiary/aromatic N) is 2. The second-order valence-electron chi connectivity index (χ2n) is 8.23. The van der Waals surface area contributed by atoms with Gasteiger partial charge in [-0.3, -0.25) is 9.69 Å². The number of rotatable bonds is 4. The molecule has 1 aliphatic heterocycles. The highest BCUT2D eigenvalue weighted by atomic mass is 35.5. The van der Waals surface area contributed by atoms with Crippen LogP contribution >= 0.6 is 35.0 Å². The molecule has 0 spiro atoms. The normalized spacial score (nSPS) is 19.5. The van der Waals surface area contributed by atoms with Crippen molar-refractivity contribution in [2.45, 2.75) is 38.1 Å². The van der Waals surface area contributed by atoms with E-state index in [9.17, 15) is 9.18 Å². The highest BCUT2D eigenvalue weighted by Gasteiger charge is 2.39. The van der Waals surface area contributed by atoms with Gasteiger partial charge in [0.1, 0.15) is 23.0 Å². The fourth-order valence-corrected chi connectivity index (χ4v) is 5.70. The Bertz CT molecular complexity index is 1300. The zero-order chi connectivity index (χ0) is 23.7. The standard InChI is InChI=1S/C26H21Cl2FN2O2S/c27-19-10-6-9-18(24(19)28)22-14-13-17(33-22)15-23-25(32)31(16-7-2-1-3-8-16)26(34-23)30-21-12-5-4-11-20(21)29/h4-6,9-16H,1-3,7-8H2/b23-15-,30-26?. The summed E-state index contributed by atoms with van der Waals surface area (Å²) in [5, 5.41) is 1.35. The van der Waals surface area contributed by atoms with Crippen LogP contribution < -0.4 is 0 Å². The molecule has 4 nitrogen and oxygen atoms in total. The quantitative estimate of drug-likeness (QED) is 0.328. The van der Waals surface area contributed by atoms with Crippen molar-refractivity contribution in [1.82, 2.24) is 4.90 Å². The molecule has 1 saturated heterocycles. The zero-order valence-electron chi connectivity index (χ0n) is 18.1. The van der Waals surface area contributed by atoms with Gasteiger partial charge in [0.15, 0.2) is 5.17 Å². The van der Waals surface area contributed by atoms with E-state index in [0.717, 1.165) is 32.1 Å². The van der Waals surface area contributed by atoms with Crippen LogP contribution in [0, 0.1) is 5.82 Å². The number of amides is 1. The third-order valence-corrected chi connectivity index (χ3v) is 7.76. The average molecular weight is 515 g/mol. The second kappa shape index (κ2) is 9.98. The molecule has 0 radical (unpaired) electrons.